The number of hydrogen-bond acceptors (Lipinski definition) is 0. The van der Waals surface area contributed by atoms with E-state index in [4.69, 9.17) is 0 Å². The van der Waals surface area contributed by atoms with E-state index in [1.54, 1.807) is 22.3 Å². The Bertz CT molecular complexity index is 1280. The first-order valence-electron chi connectivity index (χ1n) is 11.8. The van der Waals surface area contributed by atoms with Crippen LogP contribution in [0.25, 0.3) is 23.3 Å². The summed E-state index contributed by atoms with van der Waals surface area (Å²) in [6.45, 7) is 12.5. The molecule has 34 heavy (non-hydrogen) atoms. The summed E-state index contributed by atoms with van der Waals surface area (Å²) >= 11 is -1.98. The van der Waals surface area contributed by atoms with E-state index in [0.29, 0.717) is 9.54 Å². The molecule has 0 saturated heterocycles. The molecule has 5 rings (SSSR count). The topological polar surface area (TPSA) is 0 Å². The molecule has 2 unspecified atom stereocenters. The Hall–Kier alpha value is -1.18. The van der Waals surface area contributed by atoms with Gasteiger partial charge in [0.15, 0.2) is 0 Å². The van der Waals surface area contributed by atoms with Crippen molar-refractivity contribution in [3.8, 4) is 11.1 Å². The van der Waals surface area contributed by atoms with Gasteiger partial charge in [0.25, 0.3) is 0 Å². The van der Waals surface area contributed by atoms with Gasteiger partial charge < -0.3 is 24.8 Å². The molecule has 4 heteroatoms. The minimum Gasteiger partial charge on any atom is -1.00 e. The van der Waals surface area contributed by atoms with Crippen molar-refractivity contribution in [2.24, 2.45) is 5.92 Å². The van der Waals surface area contributed by atoms with E-state index in [2.05, 4.69) is 119 Å². The first kappa shape index (κ1) is 27.4. The molecule has 0 bridgehead atoms. The van der Waals surface area contributed by atoms with Gasteiger partial charge in [-0.3, -0.25) is 0 Å². The standard InChI is InChI=1S/C18H17.C10H9.C2H6Si.2ClH.Zr/c1-13(2)16-11-15-9-6-10-17(18(15)12-16)14-7-4-3-5-8-14;1-8-6-9-4-2-3-5-10(9)7-8;1-3-2;;;/h3-13H,1-2H3;2-7H,1H3;1-2H3;2*1H;/q;;;;;+2/p-2. The Labute approximate surface area is 225 Å². The van der Waals surface area contributed by atoms with E-state index in [1.807, 2.05) is 0 Å². The summed E-state index contributed by atoms with van der Waals surface area (Å²) in [4.78, 5) is 0. The fourth-order valence-electron chi connectivity index (χ4n) is 5.78. The molecular formula is C30H32Cl2SiZr. The third kappa shape index (κ3) is 4.77. The number of hydrogen-bond donors (Lipinski definition) is 0. The molecule has 0 spiro atoms. The maximum Gasteiger partial charge on any atom is -1.00 e. The summed E-state index contributed by atoms with van der Waals surface area (Å²) in [5.41, 5.74) is 11.9. The van der Waals surface area contributed by atoms with Crippen molar-refractivity contribution in [2.45, 2.75) is 41.1 Å². The summed E-state index contributed by atoms with van der Waals surface area (Å²) in [7, 11) is 0. The van der Waals surface area contributed by atoms with Gasteiger partial charge in [-0.2, -0.15) is 0 Å². The van der Waals surface area contributed by atoms with Crippen molar-refractivity contribution >= 4 is 17.6 Å². The van der Waals surface area contributed by atoms with E-state index >= 15 is 0 Å². The van der Waals surface area contributed by atoms with Crippen LogP contribution in [-0.4, -0.2) is 5.43 Å². The van der Waals surface area contributed by atoms with Crippen LogP contribution in [0.3, 0.4) is 0 Å². The van der Waals surface area contributed by atoms with E-state index in [9.17, 15) is 0 Å². The van der Waals surface area contributed by atoms with Gasteiger partial charge in [0.2, 0.25) is 0 Å². The third-order valence-electron chi connectivity index (χ3n) is 7.19. The van der Waals surface area contributed by atoms with E-state index in [-0.39, 0.29) is 30.2 Å². The average Bonchev–Trinajstić information content (AvgIpc) is 3.33. The molecule has 0 N–H and O–H groups in total. The fraction of sp³-hybridized carbons (Fsp3) is 0.267. The number of allylic oxidation sites excluding steroid dienone is 2. The number of benzene rings is 3. The maximum absolute atomic E-state index is 2.62. The Morgan fingerprint density at radius 2 is 1.38 bits per heavy atom. The first-order valence-corrected chi connectivity index (χ1v) is 20.8. The molecule has 0 amide bonds. The summed E-state index contributed by atoms with van der Waals surface area (Å²) in [6.07, 6.45) is 5.08. The second-order valence-electron chi connectivity index (χ2n) is 9.81. The second-order valence-corrected chi connectivity index (χ2v) is 27.7. The van der Waals surface area contributed by atoms with Crippen LogP contribution >= 0.6 is 0 Å². The molecule has 174 valence electrons. The van der Waals surface area contributed by atoms with Crippen molar-refractivity contribution < 1.29 is 45.2 Å². The van der Waals surface area contributed by atoms with Gasteiger partial charge in [-0.1, -0.05) is 0 Å². The van der Waals surface area contributed by atoms with Crippen LogP contribution in [0.2, 0.25) is 13.1 Å². The number of fused-ring (bicyclic) bond motifs is 2. The molecule has 0 fully saturated rings. The zero-order valence-electron chi connectivity index (χ0n) is 20.6. The Morgan fingerprint density at radius 1 is 0.735 bits per heavy atom. The van der Waals surface area contributed by atoms with Crippen LogP contribution in [0.1, 0.15) is 50.3 Å². The normalized spacial score (nSPS) is 17.4. The van der Waals surface area contributed by atoms with Gasteiger partial charge in [0, 0.05) is 0 Å². The summed E-state index contributed by atoms with van der Waals surface area (Å²) in [5, 5.41) is 0. The Balaban J connectivity index is 0.00000162. The summed E-state index contributed by atoms with van der Waals surface area (Å²) < 4.78 is 1.41. The van der Waals surface area contributed by atoms with E-state index < -0.39 is 20.4 Å². The van der Waals surface area contributed by atoms with Crippen LogP contribution in [0, 0.1) is 5.92 Å². The van der Waals surface area contributed by atoms with E-state index in [0.717, 1.165) is 3.63 Å². The summed E-state index contributed by atoms with van der Waals surface area (Å²) in [6, 6.07) is 27.3. The van der Waals surface area contributed by atoms with Crippen molar-refractivity contribution in [2.75, 3.05) is 0 Å². The number of halogens is 2. The van der Waals surface area contributed by atoms with Crippen LogP contribution in [0.4, 0.5) is 0 Å². The minimum atomic E-state index is -1.98. The van der Waals surface area contributed by atoms with Crippen molar-refractivity contribution in [3.63, 3.8) is 0 Å². The minimum absolute atomic E-state index is 0. The Kier molecular flexibility index (Phi) is 9.07. The van der Waals surface area contributed by atoms with Crippen molar-refractivity contribution in [1.29, 1.82) is 0 Å². The third-order valence-corrected chi connectivity index (χ3v) is 26.8. The first-order chi connectivity index (χ1) is 15.5. The van der Waals surface area contributed by atoms with Crippen LogP contribution in [0.15, 0.2) is 83.9 Å². The molecule has 0 saturated carbocycles. The molecule has 0 aromatic heterocycles. The van der Waals surface area contributed by atoms with Gasteiger partial charge in [-0.25, -0.2) is 0 Å². The number of rotatable bonds is 4. The van der Waals surface area contributed by atoms with Crippen molar-refractivity contribution in [1.82, 2.24) is 0 Å². The molecule has 0 nitrogen and oxygen atoms in total. The van der Waals surface area contributed by atoms with Gasteiger partial charge in [0.05, 0.1) is 0 Å². The summed E-state index contributed by atoms with van der Waals surface area (Å²) in [5.74, 6) is 0.592. The van der Waals surface area contributed by atoms with Gasteiger partial charge >= 0.3 is 202 Å². The predicted molar refractivity (Wildman–Crippen MR) is 138 cm³/mol. The van der Waals surface area contributed by atoms with Gasteiger partial charge in [-0.15, -0.1) is 0 Å². The second kappa shape index (κ2) is 11.3. The Morgan fingerprint density at radius 3 is 2.06 bits per heavy atom. The van der Waals surface area contributed by atoms with Crippen LogP contribution < -0.4 is 24.8 Å². The van der Waals surface area contributed by atoms with E-state index in [1.165, 1.54) is 22.3 Å². The zero-order valence-corrected chi connectivity index (χ0v) is 25.5. The predicted octanol–water partition coefficient (Wildman–Crippen LogP) is 2.48. The molecule has 0 aliphatic heterocycles. The molecule has 2 atom stereocenters. The molecule has 2 aliphatic carbocycles. The van der Waals surface area contributed by atoms with Crippen LogP contribution in [0.5, 0.6) is 0 Å². The monoisotopic (exact) mass is 580 g/mol. The molecule has 3 aromatic carbocycles. The molecule has 0 radical (unpaired) electrons. The van der Waals surface area contributed by atoms with Gasteiger partial charge in [-0.05, 0) is 0 Å². The van der Waals surface area contributed by atoms with Crippen molar-refractivity contribution in [3.05, 3.63) is 106 Å². The quantitative estimate of drug-likeness (QED) is 0.415. The smallest absolute Gasteiger partial charge is 1.00 e. The average molecular weight is 583 g/mol. The molecule has 0 heterocycles. The molecular weight excluding hydrogens is 551 g/mol. The largest absolute Gasteiger partial charge is 1.00 e. The zero-order chi connectivity index (χ0) is 22.4. The maximum atomic E-state index is 2.62. The molecule has 2 aliphatic rings. The fourth-order valence-corrected chi connectivity index (χ4v) is 26.7. The van der Waals surface area contributed by atoms with Crippen LogP contribution in [-0.2, 0) is 20.4 Å². The van der Waals surface area contributed by atoms with Gasteiger partial charge in [0.1, 0.15) is 0 Å². The SMILES string of the molecule is CC1=Cc2ccccc2[CH]1[Zr+2]([CH]1C(C(C)C)=Cc2c(-c3ccccc3)cccc21)=[Si](C)C.[Cl-].[Cl-]. The molecule has 3 aromatic rings.